The monoisotopic (exact) mass is 227 g/mol. The summed E-state index contributed by atoms with van der Waals surface area (Å²) in [6, 6.07) is 3.94. The molecule has 0 fully saturated rings. The first-order valence-electron chi connectivity index (χ1n) is 5.14. The first-order valence-corrected chi connectivity index (χ1v) is 5.14. The van der Waals surface area contributed by atoms with Crippen molar-refractivity contribution in [2.45, 2.75) is 24.7 Å². The molecular weight excluding hydrogens is 213 g/mol. The van der Waals surface area contributed by atoms with Crippen LogP contribution in [0.15, 0.2) is 18.2 Å². The van der Waals surface area contributed by atoms with Crippen molar-refractivity contribution in [2.75, 3.05) is 6.54 Å². The molecule has 4 N–H and O–H groups in total. The maximum absolute atomic E-state index is 13.0. The number of nitrogens with two attached hydrogens (primary N) is 1. The molecule has 1 aliphatic rings. The van der Waals surface area contributed by atoms with Crippen molar-refractivity contribution in [1.82, 2.24) is 0 Å². The van der Waals surface area contributed by atoms with Gasteiger partial charge in [-0.05, 0) is 18.2 Å². The Labute approximate surface area is 92.5 Å². The normalized spacial score (nSPS) is 25.8. The third-order valence-electron chi connectivity index (χ3n) is 2.74. The SMILES string of the molecule is NC[C@H](O)[C@H]1C[C@H](O)c2cc(F)ccc2O1. The molecule has 2 rings (SSSR count). The lowest BCUT2D eigenvalue weighted by atomic mass is 9.96. The van der Waals surface area contributed by atoms with Crippen LogP contribution in [0.3, 0.4) is 0 Å². The molecule has 0 amide bonds. The van der Waals surface area contributed by atoms with Crippen LogP contribution in [0.1, 0.15) is 18.1 Å². The van der Waals surface area contributed by atoms with Crippen molar-refractivity contribution in [1.29, 1.82) is 0 Å². The summed E-state index contributed by atoms with van der Waals surface area (Å²) in [7, 11) is 0. The van der Waals surface area contributed by atoms with Gasteiger partial charge in [-0.25, -0.2) is 4.39 Å². The second-order valence-electron chi connectivity index (χ2n) is 3.89. The van der Waals surface area contributed by atoms with Crippen LogP contribution >= 0.6 is 0 Å². The molecule has 1 aromatic carbocycles. The van der Waals surface area contributed by atoms with Gasteiger partial charge in [0.2, 0.25) is 0 Å². The molecule has 0 unspecified atom stereocenters. The zero-order valence-corrected chi connectivity index (χ0v) is 8.64. The summed E-state index contributed by atoms with van der Waals surface area (Å²) in [6.45, 7) is 0.0634. The summed E-state index contributed by atoms with van der Waals surface area (Å²) in [5.41, 5.74) is 5.74. The van der Waals surface area contributed by atoms with Gasteiger partial charge in [-0.1, -0.05) is 0 Å². The van der Waals surface area contributed by atoms with E-state index < -0.39 is 24.1 Å². The molecule has 0 saturated heterocycles. The molecule has 0 aliphatic carbocycles. The highest BCUT2D eigenvalue weighted by molar-refractivity contribution is 5.37. The maximum atomic E-state index is 13.0. The van der Waals surface area contributed by atoms with Gasteiger partial charge in [0.25, 0.3) is 0 Å². The fourth-order valence-corrected chi connectivity index (χ4v) is 1.83. The van der Waals surface area contributed by atoms with E-state index >= 15 is 0 Å². The number of aliphatic hydroxyl groups is 2. The van der Waals surface area contributed by atoms with E-state index in [4.69, 9.17) is 10.5 Å². The third kappa shape index (κ3) is 2.02. The van der Waals surface area contributed by atoms with Gasteiger partial charge in [0.15, 0.2) is 0 Å². The van der Waals surface area contributed by atoms with E-state index in [1.807, 2.05) is 0 Å². The summed E-state index contributed by atoms with van der Waals surface area (Å²) < 4.78 is 18.4. The average molecular weight is 227 g/mol. The number of fused-ring (bicyclic) bond motifs is 1. The van der Waals surface area contributed by atoms with Crippen molar-refractivity contribution < 1.29 is 19.3 Å². The van der Waals surface area contributed by atoms with Crippen LogP contribution in [0, 0.1) is 5.82 Å². The topological polar surface area (TPSA) is 75.7 Å². The summed E-state index contributed by atoms with van der Waals surface area (Å²) in [5.74, 6) is -0.0168. The van der Waals surface area contributed by atoms with E-state index in [1.165, 1.54) is 18.2 Å². The highest BCUT2D eigenvalue weighted by Crippen LogP contribution is 2.35. The minimum Gasteiger partial charge on any atom is -0.487 e. The van der Waals surface area contributed by atoms with Crippen molar-refractivity contribution in [3.8, 4) is 5.75 Å². The fraction of sp³-hybridized carbons (Fsp3) is 0.455. The fourth-order valence-electron chi connectivity index (χ4n) is 1.83. The molecule has 1 aliphatic heterocycles. The summed E-state index contributed by atoms with van der Waals surface area (Å²) in [5, 5.41) is 19.3. The lowest BCUT2D eigenvalue weighted by Gasteiger charge is -2.31. The number of rotatable bonds is 2. The Kier molecular flexibility index (Phi) is 3.09. The Bertz CT molecular complexity index is 385. The van der Waals surface area contributed by atoms with Gasteiger partial charge in [-0.3, -0.25) is 0 Å². The van der Waals surface area contributed by atoms with Crippen LogP contribution in [-0.2, 0) is 0 Å². The van der Waals surface area contributed by atoms with E-state index in [1.54, 1.807) is 0 Å². The summed E-state index contributed by atoms with van der Waals surface area (Å²) in [4.78, 5) is 0. The molecule has 88 valence electrons. The van der Waals surface area contributed by atoms with Gasteiger partial charge >= 0.3 is 0 Å². The first kappa shape index (κ1) is 11.3. The minimum absolute atomic E-state index is 0.0634. The van der Waals surface area contributed by atoms with Crippen LogP contribution in [0.4, 0.5) is 4.39 Å². The smallest absolute Gasteiger partial charge is 0.129 e. The molecule has 16 heavy (non-hydrogen) atoms. The Hall–Kier alpha value is -1.17. The molecule has 0 radical (unpaired) electrons. The second-order valence-corrected chi connectivity index (χ2v) is 3.89. The number of ether oxygens (including phenoxy) is 1. The molecule has 0 bridgehead atoms. The molecule has 0 aromatic heterocycles. The first-order chi connectivity index (χ1) is 7.61. The Balaban J connectivity index is 2.26. The predicted octanol–water partition coefficient (Wildman–Crippen LogP) is 0.330. The summed E-state index contributed by atoms with van der Waals surface area (Å²) in [6.07, 6.45) is -1.98. The molecule has 1 aromatic rings. The molecular formula is C11H14FNO3. The second kappa shape index (κ2) is 4.37. The highest BCUT2D eigenvalue weighted by atomic mass is 19.1. The van der Waals surface area contributed by atoms with E-state index in [2.05, 4.69) is 0 Å². The number of benzene rings is 1. The van der Waals surface area contributed by atoms with E-state index in [-0.39, 0.29) is 13.0 Å². The Morgan fingerprint density at radius 2 is 2.31 bits per heavy atom. The summed E-state index contributed by atoms with van der Waals surface area (Å²) >= 11 is 0. The Morgan fingerprint density at radius 3 is 3.00 bits per heavy atom. The number of hydrogen-bond acceptors (Lipinski definition) is 4. The number of halogens is 1. The molecule has 3 atom stereocenters. The number of hydrogen-bond donors (Lipinski definition) is 3. The van der Waals surface area contributed by atoms with Gasteiger partial charge in [-0.15, -0.1) is 0 Å². The van der Waals surface area contributed by atoms with Crippen molar-refractivity contribution in [3.05, 3.63) is 29.6 Å². The highest BCUT2D eigenvalue weighted by Gasteiger charge is 2.31. The van der Waals surface area contributed by atoms with Gasteiger partial charge < -0.3 is 20.7 Å². The third-order valence-corrected chi connectivity index (χ3v) is 2.74. The molecule has 5 heteroatoms. The maximum Gasteiger partial charge on any atom is 0.129 e. The molecule has 4 nitrogen and oxygen atoms in total. The predicted molar refractivity (Wildman–Crippen MR) is 55.5 cm³/mol. The van der Waals surface area contributed by atoms with Crippen LogP contribution in [0.2, 0.25) is 0 Å². The van der Waals surface area contributed by atoms with Crippen molar-refractivity contribution in [2.24, 2.45) is 5.73 Å². The van der Waals surface area contributed by atoms with Gasteiger partial charge in [-0.2, -0.15) is 0 Å². The van der Waals surface area contributed by atoms with Crippen LogP contribution in [0.25, 0.3) is 0 Å². The molecule has 0 spiro atoms. The van der Waals surface area contributed by atoms with E-state index in [0.717, 1.165) is 0 Å². The van der Waals surface area contributed by atoms with Crippen molar-refractivity contribution >= 4 is 0 Å². The quantitative estimate of drug-likeness (QED) is 0.680. The zero-order valence-electron chi connectivity index (χ0n) is 8.64. The largest absolute Gasteiger partial charge is 0.487 e. The van der Waals surface area contributed by atoms with E-state index in [9.17, 15) is 14.6 Å². The minimum atomic E-state index is -0.828. The average Bonchev–Trinajstić information content (AvgIpc) is 2.28. The molecule has 1 heterocycles. The van der Waals surface area contributed by atoms with Crippen LogP contribution < -0.4 is 10.5 Å². The zero-order chi connectivity index (χ0) is 11.7. The number of aliphatic hydroxyl groups excluding tert-OH is 2. The van der Waals surface area contributed by atoms with Gasteiger partial charge in [0.1, 0.15) is 23.8 Å². The van der Waals surface area contributed by atoms with Crippen LogP contribution in [0.5, 0.6) is 5.75 Å². The van der Waals surface area contributed by atoms with Gasteiger partial charge in [0, 0.05) is 18.5 Å². The standard InChI is InChI=1S/C11H14FNO3/c12-6-1-2-10-7(3-6)8(14)4-11(16-10)9(15)5-13/h1-3,8-9,11,14-15H,4-5,13H2/t8-,9-,11+/m0/s1. The lowest BCUT2D eigenvalue weighted by molar-refractivity contribution is -0.0103. The van der Waals surface area contributed by atoms with E-state index in [0.29, 0.717) is 11.3 Å². The van der Waals surface area contributed by atoms with Crippen molar-refractivity contribution in [3.63, 3.8) is 0 Å². The van der Waals surface area contributed by atoms with Crippen LogP contribution in [-0.4, -0.2) is 29.0 Å². The molecule has 0 saturated carbocycles. The van der Waals surface area contributed by atoms with Gasteiger partial charge in [0.05, 0.1) is 6.10 Å². The Morgan fingerprint density at radius 1 is 1.56 bits per heavy atom. The lowest BCUT2D eigenvalue weighted by Crippen LogP contribution is -2.40.